The SMILES string of the molecule is CC(C(=O)Nc1ccccc1)c1sc(Nc2ccc(Oc3ccccc3)nc2)nc1O. The highest BCUT2D eigenvalue weighted by atomic mass is 32.1. The Kier molecular flexibility index (Phi) is 6.09. The fourth-order valence-electron chi connectivity index (χ4n) is 2.80. The van der Waals surface area contributed by atoms with Crippen molar-refractivity contribution in [2.24, 2.45) is 0 Å². The van der Waals surface area contributed by atoms with E-state index in [1.54, 1.807) is 25.3 Å². The van der Waals surface area contributed by atoms with Crippen molar-refractivity contribution in [1.82, 2.24) is 9.97 Å². The number of para-hydroxylation sites is 2. The van der Waals surface area contributed by atoms with Crippen molar-refractivity contribution in [2.75, 3.05) is 10.6 Å². The van der Waals surface area contributed by atoms with Crippen LogP contribution in [-0.2, 0) is 4.79 Å². The highest BCUT2D eigenvalue weighted by molar-refractivity contribution is 7.16. The summed E-state index contributed by atoms with van der Waals surface area (Å²) in [5.74, 6) is 0.215. The van der Waals surface area contributed by atoms with Gasteiger partial charge in [0.05, 0.1) is 22.7 Å². The first-order valence-electron chi connectivity index (χ1n) is 9.60. The molecule has 0 fully saturated rings. The Morgan fingerprint density at radius 2 is 1.71 bits per heavy atom. The third-order valence-electron chi connectivity index (χ3n) is 4.42. The predicted octanol–water partition coefficient (Wildman–Crippen LogP) is 5.52. The van der Waals surface area contributed by atoms with Crippen molar-refractivity contribution in [3.63, 3.8) is 0 Å². The number of pyridine rings is 1. The summed E-state index contributed by atoms with van der Waals surface area (Å²) >= 11 is 1.22. The van der Waals surface area contributed by atoms with Gasteiger partial charge in [0, 0.05) is 11.8 Å². The molecule has 8 heteroatoms. The third-order valence-corrected chi connectivity index (χ3v) is 5.56. The molecule has 0 aliphatic heterocycles. The summed E-state index contributed by atoms with van der Waals surface area (Å²) in [6, 6.07) is 22.1. The lowest BCUT2D eigenvalue weighted by atomic mass is 10.1. The lowest BCUT2D eigenvalue weighted by molar-refractivity contribution is -0.117. The van der Waals surface area contributed by atoms with Crippen LogP contribution in [0.5, 0.6) is 17.5 Å². The van der Waals surface area contributed by atoms with Gasteiger partial charge in [0.1, 0.15) is 5.75 Å². The van der Waals surface area contributed by atoms with Crippen molar-refractivity contribution in [2.45, 2.75) is 12.8 Å². The zero-order valence-electron chi connectivity index (χ0n) is 16.6. The van der Waals surface area contributed by atoms with Gasteiger partial charge in [-0.15, -0.1) is 0 Å². The van der Waals surface area contributed by atoms with Crippen LogP contribution in [0.4, 0.5) is 16.5 Å². The Bertz CT molecular complexity index is 1150. The second kappa shape index (κ2) is 9.27. The van der Waals surface area contributed by atoms with E-state index >= 15 is 0 Å². The molecule has 156 valence electrons. The lowest BCUT2D eigenvalue weighted by Crippen LogP contribution is -2.18. The minimum Gasteiger partial charge on any atom is -0.492 e. The van der Waals surface area contributed by atoms with E-state index in [0.29, 0.717) is 33.0 Å². The van der Waals surface area contributed by atoms with E-state index < -0.39 is 5.92 Å². The molecule has 0 radical (unpaired) electrons. The average molecular weight is 433 g/mol. The second-order valence-corrected chi connectivity index (χ2v) is 7.74. The number of aromatic hydroxyl groups is 1. The summed E-state index contributed by atoms with van der Waals surface area (Å²) in [5.41, 5.74) is 1.38. The standard InChI is InChI=1S/C23H20N4O3S/c1-15(21(28)25-16-8-4-2-5-9-16)20-22(29)27-23(31-20)26-17-12-13-19(24-14-17)30-18-10-6-3-7-11-18/h2-15,29H,1H3,(H,25,28)(H,26,27). The molecule has 31 heavy (non-hydrogen) atoms. The number of aromatic nitrogens is 2. The fraction of sp³-hybridized carbons (Fsp3) is 0.0870. The number of hydrogen-bond acceptors (Lipinski definition) is 7. The molecule has 7 nitrogen and oxygen atoms in total. The molecule has 0 bridgehead atoms. The van der Waals surface area contributed by atoms with Crippen LogP contribution in [0.25, 0.3) is 0 Å². The number of benzene rings is 2. The summed E-state index contributed by atoms with van der Waals surface area (Å²) in [6.45, 7) is 1.73. The number of thiazole rings is 1. The maximum atomic E-state index is 12.5. The van der Waals surface area contributed by atoms with E-state index in [1.165, 1.54) is 11.3 Å². The van der Waals surface area contributed by atoms with Crippen LogP contribution in [0.1, 0.15) is 17.7 Å². The van der Waals surface area contributed by atoms with Crippen LogP contribution in [0.3, 0.4) is 0 Å². The van der Waals surface area contributed by atoms with Gasteiger partial charge < -0.3 is 20.5 Å². The summed E-state index contributed by atoms with van der Waals surface area (Å²) in [7, 11) is 0. The van der Waals surface area contributed by atoms with Gasteiger partial charge in [-0.25, -0.2) is 4.98 Å². The smallest absolute Gasteiger partial charge is 0.232 e. The van der Waals surface area contributed by atoms with Gasteiger partial charge in [-0.05, 0) is 37.3 Å². The summed E-state index contributed by atoms with van der Waals surface area (Å²) in [4.78, 5) is 21.4. The van der Waals surface area contributed by atoms with Crippen LogP contribution in [-0.4, -0.2) is 21.0 Å². The number of carbonyl (C=O) groups is 1. The normalized spacial score (nSPS) is 11.5. The van der Waals surface area contributed by atoms with Crippen LogP contribution >= 0.6 is 11.3 Å². The first-order chi connectivity index (χ1) is 15.1. The molecule has 0 saturated heterocycles. The van der Waals surface area contributed by atoms with Gasteiger partial charge in [-0.1, -0.05) is 47.7 Å². The van der Waals surface area contributed by atoms with Gasteiger partial charge in [-0.3, -0.25) is 4.79 Å². The molecule has 4 rings (SSSR count). The molecule has 3 N–H and O–H groups in total. The molecule has 0 spiro atoms. The molecule has 1 amide bonds. The Morgan fingerprint density at radius 1 is 1.00 bits per heavy atom. The number of nitrogens with one attached hydrogen (secondary N) is 2. The topological polar surface area (TPSA) is 96.4 Å². The molecule has 0 aliphatic carbocycles. The Morgan fingerprint density at radius 3 is 2.39 bits per heavy atom. The second-order valence-electron chi connectivity index (χ2n) is 6.71. The summed E-state index contributed by atoms with van der Waals surface area (Å²) < 4.78 is 5.68. The highest BCUT2D eigenvalue weighted by Crippen LogP contribution is 2.36. The van der Waals surface area contributed by atoms with Crippen LogP contribution < -0.4 is 15.4 Å². The van der Waals surface area contributed by atoms with Crippen LogP contribution in [0.2, 0.25) is 0 Å². The first-order valence-corrected chi connectivity index (χ1v) is 10.4. The number of nitrogens with zero attached hydrogens (tertiary/aromatic N) is 2. The summed E-state index contributed by atoms with van der Waals surface area (Å²) in [6.07, 6.45) is 1.61. The molecule has 0 aliphatic rings. The van der Waals surface area contributed by atoms with E-state index in [0.717, 1.165) is 0 Å². The van der Waals surface area contributed by atoms with Crippen LogP contribution in [0.15, 0.2) is 79.0 Å². The molecule has 2 heterocycles. The highest BCUT2D eigenvalue weighted by Gasteiger charge is 2.23. The van der Waals surface area contributed by atoms with Crippen molar-refractivity contribution < 1.29 is 14.6 Å². The molecule has 1 atom stereocenters. The van der Waals surface area contributed by atoms with Gasteiger partial charge in [0.15, 0.2) is 5.13 Å². The van der Waals surface area contributed by atoms with Gasteiger partial charge in [0.2, 0.25) is 17.7 Å². The van der Waals surface area contributed by atoms with E-state index in [-0.39, 0.29) is 11.8 Å². The molecule has 0 saturated carbocycles. The number of carbonyl (C=O) groups excluding carboxylic acids is 1. The largest absolute Gasteiger partial charge is 0.492 e. The number of ether oxygens (including phenoxy) is 1. The van der Waals surface area contributed by atoms with Crippen molar-refractivity contribution in [3.8, 4) is 17.5 Å². The van der Waals surface area contributed by atoms with E-state index in [2.05, 4.69) is 20.6 Å². The Hall–Kier alpha value is -3.91. The average Bonchev–Trinajstić information content (AvgIpc) is 3.16. The Balaban J connectivity index is 1.41. The lowest BCUT2D eigenvalue weighted by Gasteiger charge is -2.10. The van der Waals surface area contributed by atoms with Crippen molar-refractivity contribution >= 4 is 33.8 Å². The zero-order chi connectivity index (χ0) is 21.6. The molecular weight excluding hydrogens is 412 g/mol. The number of amides is 1. The molecule has 4 aromatic rings. The van der Waals surface area contributed by atoms with Crippen molar-refractivity contribution in [1.29, 1.82) is 0 Å². The third kappa shape index (κ3) is 5.18. The number of anilines is 3. The van der Waals surface area contributed by atoms with E-state index in [1.807, 2.05) is 60.7 Å². The maximum absolute atomic E-state index is 12.5. The van der Waals surface area contributed by atoms with Gasteiger partial charge in [0.25, 0.3) is 0 Å². The maximum Gasteiger partial charge on any atom is 0.232 e. The summed E-state index contributed by atoms with van der Waals surface area (Å²) in [5, 5.41) is 16.6. The van der Waals surface area contributed by atoms with Crippen LogP contribution in [0, 0.1) is 0 Å². The first kappa shape index (κ1) is 20.4. The van der Waals surface area contributed by atoms with Crippen molar-refractivity contribution in [3.05, 3.63) is 83.9 Å². The molecule has 2 aromatic carbocycles. The Labute approximate surface area is 183 Å². The molecule has 1 unspecified atom stereocenters. The minimum absolute atomic E-state index is 0.166. The number of hydrogen-bond donors (Lipinski definition) is 3. The predicted molar refractivity (Wildman–Crippen MR) is 121 cm³/mol. The molecule has 2 aromatic heterocycles. The quantitative estimate of drug-likeness (QED) is 0.356. The van der Waals surface area contributed by atoms with Gasteiger partial charge in [-0.2, -0.15) is 4.98 Å². The fourth-order valence-corrected chi connectivity index (χ4v) is 3.73. The van der Waals surface area contributed by atoms with E-state index in [4.69, 9.17) is 4.74 Å². The molecular formula is C23H20N4O3S. The zero-order valence-corrected chi connectivity index (χ0v) is 17.5. The minimum atomic E-state index is -0.562. The van der Waals surface area contributed by atoms with Gasteiger partial charge >= 0.3 is 0 Å². The van der Waals surface area contributed by atoms with E-state index in [9.17, 15) is 9.90 Å². The number of rotatable bonds is 7. The monoisotopic (exact) mass is 432 g/mol.